The van der Waals surface area contributed by atoms with Crippen LogP contribution in [0.1, 0.15) is 24.9 Å². The number of para-hydroxylation sites is 1. The van der Waals surface area contributed by atoms with E-state index in [-0.39, 0.29) is 11.9 Å². The predicted molar refractivity (Wildman–Crippen MR) is 90.5 cm³/mol. The molecule has 5 nitrogen and oxygen atoms in total. The molecule has 0 bridgehead atoms. The average Bonchev–Trinajstić information content (AvgIpc) is 2.61. The summed E-state index contributed by atoms with van der Waals surface area (Å²) >= 11 is 0. The highest BCUT2D eigenvalue weighted by atomic mass is 16.5. The Hall–Kier alpha value is -1.85. The second-order valence-corrected chi connectivity index (χ2v) is 5.58. The van der Waals surface area contributed by atoms with Gasteiger partial charge in [0.2, 0.25) is 0 Å². The zero-order chi connectivity index (χ0) is 16.7. The van der Waals surface area contributed by atoms with Crippen LogP contribution in [-0.4, -0.2) is 50.3 Å². The number of nitrogens with one attached hydrogen (secondary N) is 1. The fraction of sp³-hybridized carbons (Fsp3) is 0.500. The van der Waals surface area contributed by atoms with E-state index < -0.39 is 6.10 Å². The molecule has 0 saturated carbocycles. The average molecular weight is 318 g/mol. The molecule has 0 aromatic heterocycles. The first-order chi connectivity index (χ1) is 11.2. The van der Waals surface area contributed by atoms with Gasteiger partial charge in [-0.15, -0.1) is 6.58 Å². The summed E-state index contributed by atoms with van der Waals surface area (Å²) in [6, 6.07) is 7.81. The molecule has 2 atom stereocenters. The van der Waals surface area contributed by atoms with Crippen LogP contribution in [0.3, 0.4) is 0 Å². The number of hydrogen-bond donors (Lipinski definition) is 1. The van der Waals surface area contributed by atoms with E-state index in [9.17, 15) is 4.79 Å². The van der Waals surface area contributed by atoms with Crippen LogP contribution in [0.5, 0.6) is 5.75 Å². The van der Waals surface area contributed by atoms with E-state index in [4.69, 9.17) is 9.47 Å². The first-order valence-corrected chi connectivity index (χ1v) is 8.05. The molecule has 0 spiro atoms. The van der Waals surface area contributed by atoms with E-state index in [1.165, 1.54) is 0 Å². The van der Waals surface area contributed by atoms with Crippen molar-refractivity contribution in [3.63, 3.8) is 0 Å². The molecule has 0 radical (unpaired) electrons. The third-order valence-corrected chi connectivity index (χ3v) is 4.06. The molecule has 1 fully saturated rings. The Labute approximate surface area is 138 Å². The van der Waals surface area contributed by atoms with E-state index >= 15 is 0 Å². The summed E-state index contributed by atoms with van der Waals surface area (Å²) < 4.78 is 11.1. The molecule has 2 unspecified atom stereocenters. The molecule has 2 rings (SSSR count). The Kier molecular flexibility index (Phi) is 6.62. The highest BCUT2D eigenvalue weighted by Gasteiger charge is 2.32. The van der Waals surface area contributed by atoms with Gasteiger partial charge >= 0.3 is 0 Å². The minimum Gasteiger partial charge on any atom is -0.496 e. The van der Waals surface area contributed by atoms with Crippen molar-refractivity contribution in [2.75, 3.05) is 33.4 Å². The molecule has 126 valence electrons. The first kappa shape index (κ1) is 17.5. The number of methoxy groups -OCH3 is 1. The fourth-order valence-corrected chi connectivity index (χ4v) is 2.82. The molecule has 23 heavy (non-hydrogen) atoms. The van der Waals surface area contributed by atoms with Gasteiger partial charge in [-0.05, 0) is 19.4 Å². The molecule has 1 aliphatic heterocycles. The third kappa shape index (κ3) is 4.33. The van der Waals surface area contributed by atoms with Gasteiger partial charge in [-0.25, -0.2) is 0 Å². The normalized spacial score (nSPS) is 19.2. The Morgan fingerprint density at radius 3 is 3.04 bits per heavy atom. The Morgan fingerprint density at radius 2 is 2.30 bits per heavy atom. The van der Waals surface area contributed by atoms with Crippen LogP contribution in [0.15, 0.2) is 36.9 Å². The van der Waals surface area contributed by atoms with E-state index in [0.29, 0.717) is 19.7 Å². The van der Waals surface area contributed by atoms with Crippen LogP contribution in [0.25, 0.3) is 0 Å². The summed E-state index contributed by atoms with van der Waals surface area (Å²) in [4.78, 5) is 14.7. The summed E-state index contributed by atoms with van der Waals surface area (Å²) in [6.07, 6.45) is 2.08. The minimum atomic E-state index is -0.453. The summed E-state index contributed by atoms with van der Waals surface area (Å²) in [7, 11) is 1.66. The predicted octanol–water partition coefficient (Wildman–Crippen LogP) is 2.15. The second kappa shape index (κ2) is 8.70. The molecule has 1 aromatic rings. The number of hydrogen-bond acceptors (Lipinski definition) is 4. The highest BCUT2D eigenvalue weighted by molar-refractivity contribution is 5.81. The quantitative estimate of drug-likeness (QED) is 0.618. The minimum absolute atomic E-state index is 0.0199. The molecular weight excluding hydrogens is 292 g/mol. The van der Waals surface area contributed by atoms with Gasteiger partial charge in [0.25, 0.3) is 5.91 Å². The lowest BCUT2D eigenvalue weighted by Gasteiger charge is -2.38. The number of carbonyl (C=O) groups is 1. The van der Waals surface area contributed by atoms with Crippen molar-refractivity contribution in [1.29, 1.82) is 0 Å². The molecule has 1 amide bonds. The monoisotopic (exact) mass is 318 g/mol. The lowest BCUT2D eigenvalue weighted by Crippen LogP contribution is -2.51. The Bertz CT molecular complexity index is 533. The van der Waals surface area contributed by atoms with Gasteiger partial charge in [0.1, 0.15) is 11.9 Å². The lowest BCUT2D eigenvalue weighted by atomic mass is 10.0. The molecule has 1 aliphatic rings. The largest absolute Gasteiger partial charge is 0.496 e. The van der Waals surface area contributed by atoms with Crippen molar-refractivity contribution < 1.29 is 14.3 Å². The number of piperazine rings is 1. The van der Waals surface area contributed by atoms with Crippen LogP contribution >= 0.6 is 0 Å². The molecular formula is C18H26N2O3. The fourth-order valence-electron chi connectivity index (χ4n) is 2.82. The smallest absolute Gasteiger partial charge is 0.252 e. The maximum absolute atomic E-state index is 12.8. The van der Waals surface area contributed by atoms with Gasteiger partial charge in [-0.2, -0.15) is 0 Å². The molecule has 5 heteroatoms. The second-order valence-electron chi connectivity index (χ2n) is 5.58. The molecule has 1 N–H and O–H groups in total. The van der Waals surface area contributed by atoms with Crippen molar-refractivity contribution in [3.05, 3.63) is 42.5 Å². The maximum Gasteiger partial charge on any atom is 0.252 e. The summed E-state index contributed by atoms with van der Waals surface area (Å²) in [5.41, 5.74) is 1.02. The van der Waals surface area contributed by atoms with Gasteiger partial charge in [0.15, 0.2) is 0 Å². The third-order valence-electron chi connectivity index (χ3n) is 4.06. The SMILES string of the molecule is C=CCCOC(C)C(=O)N1CCNCC1c1ccccc1OC. The number of benzene rings is 1. The summed E-state index contributed by atoms with van der Waals surface area (Å²) in [5, 5.41) is 3.36. The van der Waals surface area contributed by atoms with Crippen molar-refractivity contribution in [1.82, 2.24) is 10.2 Å². The maximum atomic E-state index is 12.8. The van der Waals surface area contributed by atoms with Crippen molar-refractivity contribution in [2.24, 2.45) is 0 Å². The molecule has 0 aliphatic carbocycles. The standard InChI is InChI=1S/C18H26N2O3/c1-4-5-12-23-14(2)18(21)20-11-10-19-13-16(20)15-8-6-7-9-17(15)22-3/h4,6-9,14,16,19H,1,5,10-13H2,2-3H3. The number of carbonyl (C=O) groups excluding carboxylic acids is 1. The van der Waals surface area contributed by atoms with E-state index in [1.807, 2.05) is 36.1 Å². The topological polar surface area (TPSA) is 50.8 Å². The Morgan fingerprint density at radius 1 is 1.52 bits per heavy atom. The van der Waals surface area contributed by atoms with E-state index in [0.717, 1.165) is 24.3 Å². The summed E-state index contributed by atoms with van der Waals surface area (Å²) in [6.45, 7) is 8.16. The van der Waals surface area contributed by atoms with Gasteiger partial charge in [0, 0.05) is 25.2 Å². The van der Waals surface area contributed by atoms with Gasteiger partial charge in [0.05, 0.1) is 19.8 Å². The van der Waals surface area contributed by atoms with E-state index in [1.54, 1.807) is 13.2 Å². The van der Waals surface area contributed by atoms with Crippen LogP contribution in [-0.2, 0) is 9.53 Å². The van der Waals surface area contributed by atoms with Gasteiger partial charge in [-0.3, -0.25) is 4.79 Å². The van der Waals surface area contributed by atoms with Crippen molar-refractivity contribution >= 4 is 5.91 Å². The first-order valence-electron chi connectivity index (χ1n) is 8.05. The molecule has 1 aromatic carbocycles. The number of nitrogens with zero attached hydrogens (tertiary/aromatic N) is 1. The van der Waals surface area contributed by atoms with Gasteiger partial charge < -0.3 is 19.7 Å². The number of ether oxygens (including phenoxy) is 2. The van der Waals surface area contributed by atoms with Crippen LogP contribution < -0.4 is 10.1 Å². The van der Waals surface area contributed by atoms with Crippen LogP contribution in [0.2, 0.25) is 0 Å². The number of rotatable bonds is 7. The molecule has 1 heterocycles. The van der Waals surface area contributed by atoms with Gasteiger partial charge in [-0.1, -0.05) is 24.3 Å². The highest BCUT2D eigenvalue weighted by Crippen LogP contribution is 2.30. The van der Waals surface area contributed by atoms with Crippen molar-refractivity contribution in [2.45, 2.75) is 25.5 Å². The van der Waals surface area contributed by atoms with Crippen LogP contribution in [0, 0.1) is 0 Å². The van der Waals surface area contributed by atoms with Crippen molar-refractivity contribution in [3.8, 4) is 5.75 Å². The van der Waals surface area contributed by atoms with Crippen LogP contribution in [0.4, 0.5) is 0 Å². The zero-order valence-electron chi connectivity index (χ0n) is 14.0. The zero-order valence-corrected chi connectivity index (χ0v) is 14.0. The molecule has 1 saturated heterocycles. The lowest BCUT2D eigenvalue weighted by molar-refractivity contribution is -0.146. The Balaban J connectivity index is 2.14. The summed E-state index contributed by atoms with van der Waals surface area (Å²) in [5.74, 6) is 0.825. The number of amides is 1. The van der Waals surface area contributed by atoms with E-state index in [2.05, 4.69) is 11.9 Å².